The molecule has 1 saturated heterocycles. The van der Waals surface area contributed by atoms with Crippen LogP contribution in [0.4, 0.5) is 0 Å². The quantitative estimate of drug-likeness (QED) is 0.559. The molecule has 0 amide bonds. The zero-order valence-electron chi connectivity index (χ0n) is 20.6. The van der Waals surface area contributed by atoms with Crippen LogP contribution in [0, 0.1) is 6.92 Å². The van der Waals surface area contributed by atoms with Gasteiger partial charge in [-0.3, -0.25) is 0 Å². The predicted molar refractivity (Wildman–Crippen MR) is 132 cm³/mol. The molecule has 5 nitrogen and oxygen atoms in total. The van der Waals surface area contributed by atoms with Crippen molar-refractivity contribution in [1.29, 1.82) is 0 Å². The fourth-order valence-corrected chi connectivity index (χ4v) is 4.08. The van der Waals surface area contributed by atoms with Gasteiger partial charge in [-0.1, -0.05) is 52.0 Å². The average Bonchev–Trinajstić information content (AvgIpc) is 2.84. The van der Waals surface area contributed by atoms with E-state index >= 15 is 0 Å². The van der Waals surface area contributed by atoms with Crippen LogP contribution in [0.1, 0.15) is 56.9 Å². The van der Waals surface area contributed by atoms with Gasteiger partial charge in [0.15, 0.2) is 0 Å². The van der Waals surface area contributed by atoms with Crippen molar-refractivity contribution in [2.45, 2.75) is 83.1 Å². The van der Waals surface area contributed by atoms with E-state index in [1.807, 2.05) is 52.8 Å². The molecule has 0 bridgehead atoms. The van der Waals surface area contributed by atoms with E-state index in [-0.39, 0.29) is 0 Å². The van der Waals surface area contributed by atoms with Gasteiger partial charge < -0.3 is 24.8 Å². The van der Waals surface area contributed by atoms with Gasteiger partial charge >= 0.3 is 0 Å². The van der Waals surface area contributed by atoms with Gasteiger partial charge in [0, 0.05) is 17.6 Å². The maximum absolute atomic E-state index is 10.7. The van der Waals surface area contributed by atoms with E-state index in [9.17, 15) is 15.3 Å². The summed E-state index contributed by atoms with van der Waals surface area (Å²) in [5, 5.41) is 31.0. The molecule has 0 saturated carbocycles. The van der Waals surface area contributed by atoms with Crippen LogP contribution in [-0.4, -0.2) is 53.1 Å². The van der Waals surface area contributed by atoms with Crippen LogP contribution in [-0.2, 0) is 21.7 Å². The Morgan fingerprint density at radius 3 is 2.09 bits per heavy atom. The molecule has 0 aliphatic carbocycles. The molecule has 2 aromatic carbocycles. The monoisotopic (exact) mass is 464 g/mol. The number of hydrogen-bond acceptors (Lipinski definition) is 6. The van der Waals surface area contributed by atoms with E-state index in [1.165, 1.54) is 17.6 Å². The molecule has 5 atom stereocenters. The number of hydrogen-bond donors (Lipinski definition) is 3. The highest BCUT2D eigenvalue weighted by molar-refractivity contribution is 7.98. The highest BCUT2D eigenvalue weighted by Crippen LogP contribution is 2.40. The van der Waals surface area contributed by atoms with Gasteiger partial charge in [0.2, 0.25) is 5.79 Å². The van der Waals surface area contributed by atoms with E-state index in [0.29, 0.717) is 5.56 Å². The molecule has 1 aliphatic heterocycles. The van der Waals surface area contributed by atoms with E-state index < -0.39 is 30.2 Å². The maximum atomic E-state index is 10.7. The minimum atomic E-state index is -1.54. The van der Waals surface area contributed by atoms with Gasteiger partial charge in [-0.2, -0.15) is 0 Å². The fourth-order valence-electron chi connectivity index (χ4n) is 3.67. The first kappa shape index (κ1) is 28.6. The van der Waals surface area contributed by atoms with Crippen molar-refractivity contribution in [2.75, 3.05) is 13.4 Å². The number of methoxy groups -OCH3 is 1. The summed E-state index contributed by atoms with van der Waals surface area (Å²) in [4.78, 5) is 1.22. The molecule has 6 heteroatoms. The summed E-state index contributed by atoms with van der Waals surface area (Å²) in [5.41, 5.74) is 3.98. The van der Waals surface area contributed by atoms with Crippen LogP contribution in [0.2, 0.25) is 0 Å². The van der Waals surface area contributed by atoms with Crippen molar-refractivity contribution < 1.29 is 24.8 Å². The Bertz CT molecular complexity index is 810. The third-order valence-corrected chi connectivity index (χ3v) is 6.26. The summed E-state index contributed by atoms with van der Waals surface area (Å²) in [6.07, 6.45) is -1.88. The van der Waals surface area contributed by atoms with Crippen molar-refractivity contribution in [3.8, 4) is 0 Å². The summed E-state index contributed by atoms with van der Waals surface area (Å²) in [6.45, 7) is 11.7. The van der Waals surface area contributed by atoms with Gasteiger partial charge in [0.1, 0.15) is 18.3 Å². The molecule has 1 aliphatic rings. The standard InChI is InChI=1S/C22H28O5S.2C2H6/c1-13-5-8-17(12-16(13)11-15-6-9-18(28-4)10-7-15)22(26-3)21(25)20(24)19(23)14(2)27-22;2*1-2/h5-10,12,14,19-21,23-25H,11H2,1-4H3;2*1-2H3/t14-,19-,20?,21-,22+;;/m1../s1. The third kappa shape index (κ3) is 6.13. The van der Waals surface area contributed by atoms with Crippen molar-refractivity contribution >= 4 is 11.8 Å². The molecular weight excluding hydrogens is 424 g/mol. The lowest BCUT2D eigenvalue weighted by atomic mass is 9.86. The van der Waals surface area contributed by atoms with Crippen LogP contribution in [0.3, 0.4) is 0 Å². The lowest BCUT2D eigenvalue weighted by molar-refractivity contribution is -0.360. The molecule has 3 rings (SSSR count). The van der Waals surface area contributed by atoms with Gasteiger partial charge in [0.05, 0.1) is 6.10 Å². The number of aliphatic hydroxyl groups is 3. The van der Waals surface area contributed by atoms with Crippen molar-refractivity contribution in [2.24, 2.45) is 0 Å². The molecule has 0 aromatic heterocycles. The molecule has 1 unspecified atom stereocenters. The Hall–Kier alpha value is -1.41. The predicted octanol–water partition coefficient (Wildman–Crippen LogP) is 4.66. The second kappa shape index (κ2) is 13.3. The van der Waals surface area contributed by atoms with Gasteiger partial charge in [0.25, 0.3) is 0 Å². The molecule has 1 fully saturated rings. The smallest absolute Gasteiger partial charge is 0.224 e. The summed E-state index contributed by atoms with van der Waals surface area (Å²) in [6, 6.07) is 14.2. The van der Waals surface area contributed by atoms with E-state index in [0.717, 1.165) is 17.5 Å². The Morgan fingerprint density at radius 1 is 0.969 bits per heavy atom. The average molecular weight is 465 g/mol. The fraction of sp³-hybridized carbons (Fsp3) is 0.538. The van der Waals surface area contributed by atoms with Crippen LogP contribution in [0.5, 0.6) is 0 Å². The zero-order chi connectivity index (χ0) is 24.5. The number of aliphatic hydroxyl groups excluding tert-OH is 3. The summed E-state index contributed by atoms with van der Waals surface area (Å²) >= 11 is 1.71. The lowest BCUT2D eigenvalue weighted by Gasteiger charge is -2.47. The van der Waals surface area contributed by atoms with Crippen LogP contribution in [0.25, 0.3) is 0 Å². The largest absolute Gasteiger partial charge is 0.388 e. The topological polar surface area (TPSA) is 79.2 Å². The van der Waals surface area contributed by atoms with E-state index in [4.69, 9.17) is 9.47 Å². The molecule has 1 heterocycles. The first-order valence-electron chi connectivity index (χ1n) is 11.3. The van der Waals surface area contributed by atoms with Gasteiger partial charge in [-0.25, -0.2) is 0 Å². The normalized spacial score (nSPS) is 27.0. The highest BCUT2D eigenvalue weighted by Gasteiger charge is 2.54. The summed E-state index contributed by atoms with van der Waals surface area (Å²) < 4.78 is 11.5. The molecular formula is C26H40O5S. The Labute approximate surface area is 197 Å². The van der Waals surface area contributed by atoms with Crippen molar-refractivity contribution in [3.63, 3.8) is 0 Å². The SMILES string of the molecule is CC.CC.CO[C@@]1(c2ccc(C)c(Cc3ccc(SC)cc3)c2)O[C@H](C)[C@@H](O)C(O)[C@H]1O. The molecule has 0 spiro atoms. The highest BCUT2D eigenvalue weighted by atomic mass is 32.2. The Kier molecular flexibility index (Phi) is 11.9. The summed E-state index contributed by atoms with van der Waals surface area (Å²) in [5.74, 6) is -1.54. The first-order valence-corrected chi connectivity index (χ1v) is 12.5. The van der Waals surface area contributed by atoms with Crippen LogP contribution < -0.4 is 0 Å². The maximum Gasteiger partial charge on any atom is 0.224 e. The van der Waals surface area contributed by atoms with Crippen LogP contribution >= 0.6 is 11.8 Å². The number of thioether (sulfide) groups is 1. The second-order valence-corrected chi connectivity index (χ2v) is 8.17. The van der Waals surface area contributed by atoms with Crippen molar-refractivity contribution in [3.05, 3.63) is 64.7 Å². The molecule has 0 radical (unpaired) electrons. The van der Waals surface area contributed by atoms with Gasteiger partial charge in [-0.05, 0) is 61.4 Å². The molecule has 180 valence electrons. The number of aryl methyl sites for hydroxylation is 1. The van der Waals surface area contributed by atoms with Crippen LogP contribution in [0.15, 0.2) is 47.4 Å². The minimum absolute atomic E-state index is 0.613. The zero-order valence-corrected chi connectivity index (χ0v) is 21.4. The Morgan fingerprint density at radius 2 is 1.56 bits per heavy atom. The lowest BCUT2D eigenvalue weighted by Crippen LogP contribution is -2.62. The molecule has 2 aromatic rings. The molecule has 32 heavy (non-hydrogen) atoms. The van der Waals surface area contributed by atoms with Gasteiger partial charge in [-0.15, -0.1) is 11.8 Å². The molecule has 3 N–H and O–H groups in total. The van der Waals surface area contributed by atoms with E-state index in [2.05, 4.69) is 30.5 Å². The number of rotatable bonds is 5. The number of ether oxygens (including phenoxy) is 2. The second-order valence-electron chi connectivity index (χ2n) is 7.29. The first-order chi connectivity index (χ1) is 15.3. The number of benzene rings is 2. The van der Waals surface area contributed by atoms with Crippen molar-refractivity contribution in [1.82, 2.24) is 0 Å². The minimum Gasteiger partial charge on any atom is -0.388 e. The third-order valence-electron chi connectivity index (χ3n) is 5.51. The van der Waals surface area contributed by atoms with E-state index in [1.54, 1.807) is 18.7 Å². The Balaban J connectivity index is 0.00000121. The summed E-state index contributed by atoms with van der Waals surface area (Å²) in [7, 11) is 1.43.